The van der Waals surface area contributed by atoms with Gasteiger partial charge in [-0.05, 0) is 18.9 Å². The van der Waals surface area contributed by atoms with Crippen LogP contribution in [-0.4, -0.2) is 30.8 Å². The fraction of sp³-hybridized carbons (Fsp3) is 0.857. The van der Waals surface area contributed by atoms with E-state index in [1.165, 1.54) is 19.5 Å². The first-order chi connectivity index (χ1) is 4.40. The van der Waals surface area contributed by atoms with E-state index in [4.69, 9.17) is 0 Å². The lowest BCUT2D eigenvalue weighted by Crippen LogP contribution is -2.23. The predicted octanol–water partition coefficient (Wildman–Crippen LogP) is 0.137. The smallest absolute Gasteiger partial charge is 0.124 e. The summed E-state index contributed by atoms with van der Waals surface area (Å²) in [7, 11) is 0. The van der Waals surface area contributed by atoms with Crippen molar-refractivity contribution in [3.05, 3.63) is 0 Å². The first kappa shape index (κ1) is 5.42. The van der Waals surface area contributed by atoms with Crippen molar-refractivity contribution in [2.45, 2.75) is 6.42 Å². The minimum atomic E-state index is 0.374. The summed E-state index contributed by atoms with van der Waals surface area (Å²) < 4.78 is 0. The quantitative estimate of drug-likeness (QED) is 0.464. The van der Waals surface area contributed by atoms with Crippen LogP contribution >= 0.6 is 0 Å². The highest BCUT2D eigenvalue weighted by Crippen LogP contribution is 2.31. The van der Waals surface area contributed by atoms with E-state index < -0.39 is 0 Å². The lowest BCUT2D eigenvalue weighted by molar-refractivity contribution is -0.112. The van der Waals surface area contributed by atoms with Crippen LogP contribution in [0.1, 0.15) is 6.42 Å². The number of aldehydes is 1. The van der Waals surface area contributed by atoms with Gasteiger partial charge >= 0.3 is 0 Å². The highest BCUT2D eigenvalue weighted by molar-refractivity contribution is 5.55. The van der Waals surface area contributed by atoms with Crippen LogP contribution in [0.2, 0.25) is 0 Å². The summed E-state index contributed by atoms with van der Waals surface area (Å²) in [5.74, 6) is 1.08. The summed E-state index contributed by atoms with van der Waals surface area (Å²) in [6.07, 6.45) is 2.38. The van der Waals surface area contributed by atoms with Gasteiger partial charge in [0, 0.05) is 19.0 Å². The molecule has 0 aromatic carbocycles. The SMILES string of the molecule is O=C[C@H]1CN2CC[C@@H]1C2. The summed E-state index contributed by atoms with van der Waals surface area (Å²) in [5, 5.41) is 0. The Hall–Kier alpha value is -0.370. The number of fused-ring (bicyclic) bond motifs is 2. The summed E-state index contributed by atoms with van der Waals surface area (Å²) in [4.78, 5) is 12.7. The molecule has 0 amide bonds. The Kier molecular flexibility index (Phi) is 1.09. The molecule has 0 N–H and O–H groups in total. The van der Waals surface area contributed by atoms with E-state index in [1.807, 2.05) is 0 Å². The van der Waals surface area contributed by atoms with E-state index in [-0.39, 0.29) is 0 Å². The number of piperidine rings is 1. The van der Waals surface area contributed by atoms with Gasteiger partial charge < -0.3 is 9.69 Å². The van der Waals surface area contributed by atoms with Gasteiger partial charge in [0.1, 0.15) is 6.29 Å². The first-order valence-corrected chi connectivity index (χ1v) is 3.58. The maximum atomic E-state index is 10.4. The van der Waals surface area contributed by atoms with E-state index in [2.05, 4.69) is 4.90 Å². The third kappa shape index (κ3) is 0.697. The van der Waals surface area contributed by atoms with Gasteiger partial charge in [-0.3, -0.25) is 0 Å². The monoisotopic (exact) mass is 125 g/mol. The number of rotatable bonds is 1. The Labute approximate surface area is 54.8 Å². The number of nitrogens with zero attached hydrogens (tertiary/aromatic N) is 1. The normalized spacial score (nSPS) is 47.8. The predicted molar refractivity (Wildman–Crippen MR) is 34.1 cm³/mol. The molecular weight excluding hydrogens is 114 g/mol. The molecule has 0 aromatic heterocycles. The molecule has 2 heteroatoms. The largest absolute Gasteiger partial charge is 0.303 e. The lowest BCUT2D eigenvalue weighted by atomic mass is 9.94. The lowest BCUT2D eigenvalue weighted by Gasteiger charge is -2.15. The molecule has 2 fully saturated rings. The second-order valence-electron chi connectivity index (χ2n) is 3.11. The molecular formula is C7H11NO. The van der Waals surface area contributed by atoms with Crippen molar-refractivity contribution in [1.82, 2.24) is 4.90 Å². The molecule has 2 heterocycles. The van der Waals surface area contributed by atoms with Crippen LogP contribution in [0.15, 0.2) is 0 Å². The summed E-state index contributed by atoms with van der Waals surface area (Å²) in [5.41, 5.74) is 0. The minimum Gasteiger partial charge on any atom is -0.303 e. The second kappa shape index (κ2) is 1.81. The maximum absolute atomic E-state index is 10.4. The zero-order valence-corrected chi connectivity index (χ0v) is 5.42. The highest BCUT2D eigenvalue weighted by atomic mass is 16.1. The van der Waals surface area contributed by atoms with Crippen LogP contribution in [0.3, 0.4) is 0 Å². The zero-order chi connectivity index (χ0) is 6.27. The summed E-state index contributed by atoms with van der Waals surface area (Å²) in [6, 6.07) is 0. The van der Waals surface area contributed by atoms with Crippen LogP contribution in [0.25, 0.3) is 0 Å². The van der Waals surface area contributed by atoms with Gasteiger partial charge in [-0.25, -0.2) is 0 Å². The van der Waals surface area contributed by atoms with E-state index >= 15 is 0 Å². The standard InChI is InChI=1S/C7H11NO/c9-5-7-4-8-2-1-6(7)3-8/h5-7H,1-4H2/t6-,7-/m1/s1. The average Bonchev–Trinajstić information content (AvgIpc) is 2.45. The van der Waals surface area contributed by atoms with Crippen molar-refractivity contribution in [2.75, 3.05) is 19.6 Å². The Morgan fingerprint density at radius 2 is 2.33 bits per heavy atom. The van der Waals surface area contributed by atoms with Crippen molar-refractivity contribution in [3.63, 3.8) is 0 Å². The van der Waals surface area contributed by atoms with Crippen molar-refractivity contribution in [2.24, 2.45) is 11.8 Å². The molecule has 2 aliphatic heterocycles. The third-order valence-corrected chi connectivity index (χ3v) is 2.56. The number of hydrogen-bond donors (Lipinski definition) is 0. The van der Waals surface area contributed by atoms with Crippen LogP contribution in [0.5, 0.6) is 0 Å². The van der Waals surface area contributed by atoms with E-state index in [1.54, 1.807) is 0 Å². The first-order valence-electron chi connectivity index (χ1n) is 3.58. The molecule has 3 atom stereocenters. The molecule has 0 aromatic rings. The van der Waals surface area contributed by atoms with Crippen molar-refractivity contribution >= 4 is 6.29 Å². The van der Waals surface area contributed by atoms with Crippen LogP contribution in [-0.2, 0) is 4.79 Å². The maximum Gasteiger partial charge on any atom is 0.124 e. The van der Waals surface area contributed by atoms with Crippen LogP contribution in [0.4, 0.5) is 0 Å². The van der Waals surface area contributed by atoms with Gasteiger partial charge in [-0.2, -0.15) is 0 Å². The second-order valence-corrected chi connectivity index (χ2v) is 3.11. The van der Waals surface area contributed by atoms with Crippen molar-refractivity contribution < 1.29 is 4.79 Å². The molecule has 2 saturated heterocycles. The highest BCUT2D eigenvalue weighted by Gasteiger charge is 2.37. The number of carbonyl (C=O) groups is 1. The fourth-order valence-corrected chi connectivity index (χ4v) is 1.98. The molecule has 0 aliphatic carbocycles. The Bertz CT molecular complexity index is 135. The molecule has 0 spiro atoms. The summed E-state index contributed by atoms with van der Waals surface area (Å²) in [6.45, 7) is 3.45. The van der Waals surface area contributed by atoms with Gasteiger partial charge in [-0.1, -0.05) is 0 Å². The molecule has 50 valence electrons. The van der Waals surface area contributed by atoms with Gasteiger partial charge in [0.25, 0.3) is 0 Å². The molecule has 2 bridgehead atoms. The van der Waals surface area contributed by atoms with Crippen molar-refractivity contribution in [1.29, 1.82) is 0 Å². The van der Waals surface area contributed by atoms with Crippen LogP contribution in [0, 0.1) is 11.8 Å². The topological polar surface area (TPSA) is 20.3 Å². The molecule has 0 saturated carbocycles. The van der Waals surface area contributed by atoms with E-state index in [0.717, 1.165) is 12.8 Å². The Morgan fingerprint density at radius 1 is 1.44 bits per heavy atom. The molecule has 2 rings (SSSR count). The zero-order valence-electron chi connectivity index (χ0n) is 5.42. The average molecular weight is 125 g/mol. The van der Waals surface area contributed by atoms with Crippen LogP contribution < -0.4 is 0 Å². The molecule has 1 unspecified atom stereocenters. The molecule has 0 radical (unpaired) electrons. The number of hydrogen-bond acceptors (Lipinski definition) is 2. The van der Waals surface area contributed by atoms with Gasteiger partial charge in [0.15, 0.2) is 0 Å². The molecule has 2 nitrogen and oxygen atoms in total. The van der Waals surface area contributed by atoms with Crippen molar-refractivity contribution in [3.8, 4) is 0 Å². The Morgan fingerprint density at radius 3 is 2.67 bits per heavy atom. The molecule has 9 heavy (non-hydrogen) atoms. The number of carbonyl (C=O) groups excluding carboxylic acids is 1. The van der Waals surface area contributed by atoms with Gasteiger partial charge in [0.05, 0.1) is 0 Å². The Balaban J connectivity index is 2.09. The minimum absolute atomic E-state index is 0.374. The van der Waals surface area contributed by atoms with E-state index in [9.17, 15) is 4.79 Å². The van der Waals surface area contributed by atoms with Gasteiger partial charge in [0.2, 0.25) is 0 Å². The van der Waals surface area contributed by atoms with E-state index in [0.29, 0.717) is 11.8 Å². The van der Waals surface area contributed by atoms with Gasteiger partial charge in [-0.15, -0.1) is 0 Å². The summed E-state index contributed by atoms with van der Waals surface area (Å²) >= 11 is 0. The third-order valence-electron chi connectivity index (χ3n) is 2.56. The fourth-order valence-electron chi connectivity index (χ4n) is 1.98. The molecule has 2 aliphatic rings.